The summed E-state index contributed by atoms with van der Waals surface area (Å²) in [7, 11) is 0. The Balaban J connectivity index is -0.000000476. The second-order valence-electron chi connectivity index (χ2n) is 10.1. The van der Waals surface area contributed by atoms with Crippen LogP contribution in [0, 0.1) is 10.8 Å². The van der Waals surface area contributed by atoms with Gasteiger partial charge in [-0.05, 0) is 36.2 Å². The number of allylic oxidation sites excluding steroid dienone is 1. The molecular weight excluding hydrogens is 400 g/mol. The number of aliphatic carboxylic acids is 1. The van der Waals surface area contributed by atoms with E-state index in [4.69, 9.17) is 9.84 Å². The van der Waals surface area contributed by atoms with Crippen LogP contribution < -0.4 is 0 Å². The van der Waals surface area contributed by atoms with Gasteiger partial charge in [0.1, 0.15) is 6.10 Å². The Morgan fingerprint density at radius 2 is 1.68 bits per heavy atom. The van der Waals surface area contributed by atoms with Gasteiger partial charge in [-0.1, -0.05) is 62.5 Å². The second kappa shape index (κ2) is 15.4. The van der Waals surface area contributed by atoms with Crippen LogP contribution in [0.5, 0.6) is 0 Å². The lowest BCUT2D eigenvalue weighted by Gasteiger charge is -2.24. The maximum atomic E-state index is 11.0. The van der Waals surface area contributed by atoms with Crippen molar-refractivity contribution in [2.45, 2.75) is 119 Å². The number of aliphatic hydroxyl groups is 3. The third-order valence-corrected chi connectivity index (χ3v) is 4.18. The molecule has 4 N–H and O–H groups in total. The highest BCUT2D eigenvalue weighted by molar-refractivity contribution is 5.71. The van der Waals surface area contributed by atoms with Crippen molar-refractivity contribution >= 4 is 11.9 Å². The number of carbonyl (C=O) groups excluding carboxylic acids is 1. The fourth-order valence-corrected chi connectivity index (χ4v) is 2.64. The number of carbonyl (C=O) groups is 2. The zero-order chi connectivity index (χ0) is 22.8. The van der Waals surface area contributed by atoms with E-state index in [1.165, 1.54) is 0 Å². The van der Waals surface area contributed by atoms with Gasteiger partial charge >= 0.3 is 11.9 Å². The first-order valence-corrected chi connectivity index (χ1v) is 10.2. The lowest BCUT2D eigenvalue weighted by molar-refractivity contribution is -0.156. The Morgan fingerprint density at radius 3 is 2.10 bits per heavy atom. The largest absolute Gasteiger partial charge is 0.481 e. The van der Waals surface area contributed by atoms with Crippen LogP contribution in [0.15, 0.2) is 12.2 Å². The number of esters is 1. The number of cyclic esters (lactones) is 1. The number of ether oxygens (including phenoxy) is 1. The summed E-state index contributed by atoms with van der Waals surface area (Å²) in [5.41, 5.74) is 0.230. The van der Waals surface area contributed by atoms with Crippen molar-refractivity contribution in [1.82, 2.24) is 0 Å². The van der Waals surface area contributed by atoms with E-state index in [1.54, 1.807) is 0 Å². The molecule has 7 heteroatoms. The van der Waals surface area contributed by atoms with E-state index in [1.807, 2.05) is 12.2 Å². The topological polar surface area (TPSA) is 124 Å². The summed E-state index contributed by atoms with van der Waals surface area (Å²) >= 11 is 0. The molecule has 0 saturated carbocycles. The first-order chi connectivity index (χ1) is 13.1. The summed E-state index contributed by atoms with van der Waals surface area (Å²) in [6, 6.07) is 0. The highest BCUT2D eigenvalue weighted by Gasteiger charge is 2.25. The molecule has 0 aromatic heterocycles. The van der Waals surface area contributed by atoms with Gasteiger partial charge in [0.15, 0.2) is 0 Å². The number of aliphatic hydroxyl groups excluding tert-OH is 3. The monoisotopic (exact) mass is 448 g/mol. The third kappa shape index (κ3) is 21.6. The maximum absolute atomic E-state index is 11.0. The van der Waals surface area contributed by atoms with Gasteiger partial charge in [0.25, 0.3) is 0 Å². The molecule has 1 rings (SSSR count). The summed E-state index contributed by atoms with van der Waals surface area (Å²) < 4.78 is 5.07. The fraction of sp³-hybridized carbons (Fsp3) is 0.833. The third-order valence-electron chi connectivity index (χ3n) is 4.18. The molecule has 0 spiro atoms. The van der Waals surface area contributed by atoms with Gasteiger partial charge in [0.2, 0.25) is 0 Å². The van der Waals surface area contributed by atoms with Crippen molar-refractivity contribution in [3.8, 4) is 0 Å². The summed E-state index contributed by atoms with van der Waals surface area (Å²) in [4.78, 5) is 21.3. The minimum absolute atomic E-state index is 0. The Labute approximate surface area is 189 Å². The highest BCUT2D eigenvalue weighted by Crippen LogP contribution is 2.23. The summed E-state index contributed by atoms with van der Waals surface area (Å²) in [6.07, 6.45) is 3.43. The average Bonchev–Trinajstić information content (AvgIpc) is 2.48. The Hall–Kier alpha value is -1.44. The lowest BCUT2D eigenvalue weighted by atomic mass is 9.88. The summed E-state index contributed by atoms with van der Waals surface area (Å²) in [5.74, 6) is -1.35. The molecule has 0 aromatic rings. The molecule has 0 amide bonds. The van der Waals surface area contributed by atoms with E-state index in [-0.39, 0.29) is 57.0 Å². The Morgan fingerprint density at radius 1 is 1.13 bits per heavy atom. The molecular formula is C24H48O7. The van der Waals surface area contributed by atoms with Gasteiger partial charge in [0, 0.05) is 6.42 Å². The predicted molar refractivity (Wildman–Crippen MR) is 125 cm³/mol. The van der Waals surface area contributed by atoms with Crippen molar-refractivity contribution in [3.63, 3.8) is 0 Å². The van der Waals surface area contributed by atoms with Crippen LogP contribution in [0.2, 0.25) is 0 Å². The number of carboxylic acid groups (broad SMARTS) is 1. The predicted octanol–water partition coefficient (Wildman–Crippen LogP) is 4.33. The molecule has 0 bridgehead atoms. The Bertz CT molecular complexity index is 529. The molecule has 1 aliphatic heterocycles. The SMILES string of the molecule is C.C.CC(C)(C)/C=C/[C@@H]1C[C@@H](O)CC(=O)O1.CC(C)(C)CC[C@@H](O)C[C@@H](O)CC(=O)O. The van der Waals surface area contributed by atoms with E-state index in [9.17, 15) is 24.9 Å². The quantitative estimate of drug-likeness (QED) is 0.337. The van der Waals surface area contributed by atoms with Crippen LogP contribution in [0.1, 0.15) is 94.9 Å². The fourth-order valence-electron chi connectivity index (χ4n) is 2.64. The van der Waals surface area contributed by atoms with Gasteiger partial charge < -0.3 is 25.2 Å². The van der Waals surface area contributed by atoms with Crippen molar-refractivity contribution in [2.75, 3.05) is 0 Å². The first-order valence-electron chi connectivity index (χ1n) is 10.2. The molecule has 1 saturated heterocycles. The van der Waals surface area contributed by atoms with Gasteiger partial charge in [-0.15, -0.1) is 0 Å². The van der Waals surface area contributed by atoms with E-state index in [2.05, 4.69) is 41.5 Å². The molecule has 0 aliphatic carbocycles. The normalized spacial score (nSPS) is 21.0. The number of carboxylic acids is 1. The highest BCUT2D eigenvalue weighted by atomic mass is 16.5. The number of rotatable bonds is 7. The van der Waals surface area contributed by atoms with Crippen molar-refractivity contribution < 1.29 is 34.8 Å². The van der Waals surface area contributed by atoms with Crippen LogP contribution in [0.3, 0.4) is 0 Å². The maximum Gasteiger partial charge on any atom is 0.309 e. The molecule has 0 radical (unpaired) electrons. The van der Waals surface area contributed by atoms with Gasteiger partial charge in [-0.2, -0.15) is 0 Å². The van der Waals surface area contributed by atoms with Crippen LogP contribution in [0.25, 0.3) is 0 Å². The molecule has 7 nitrogen and oxygen atoms in total. The average molecular weight is 449 g/mol. The van der Waals surface area contributed by atoms with Gasteiger partial charge in [-0.25, -0.2) is 0 Å². The molecule has 186 valence electrons. The minimum atomic E-state index is -1.04. The molecule has 1 fully saturated rings. The van der Waals surface area contributed by atoms with Crippen molar-refractivity contribution in [3.05, 3.63) is 12.2 Å². The molecule has 0 aromatic carbocycles. The van der Waals surface area contributed by atoms with Gasteiger partial charge in [-0.3, -0.25) is 9.59 Å². The van der Waals surface area contributed by atoms with Gasteiger partial charge in [0.05, 0.1) is 31.2 Å². The van der Waals surface area contributed by atoms with Crippen LogP contribution in [-0.4, -0.2) is 56.8 Å². The number of hydrogen-bond acceptors (Lipinski definition) is 6. The lowest BCUT2D eigenvalue weighted by Crippen LogP contribution is -2.31. The molecule has 1 aliphatic rings. The van der Waals surface area contributed by atoms with Crippen LogP contribution in [-0.2, 0) is 14.3 Å². The molecule has 31 heavy (non-hydrogen) atoms. The van der Waals surface area contributed by atoms with E-state index < -0.39 is 24.3 Å². The van der Waals surface area contributed by atoms with Crippen molar-refractivity contribution in [1.29, 1.82) is 0 Å². The number of hydrogen-bond donors (Lipinski definition) is 4. The Kier molecular flexibility index (Phi) is 17.0. The second-order valence-corrected chi connectivity index (χ2v) is 10.1. The van der Waals surface area contributed by atoms with Crippen LogP contribution >= 0.6 is 0 Å². The van der Waals surface area contributed by atoms with E-state index in [0.717, 1.165) is 6.42 Å². The zero-order valence-corrected chi connectivity index (χ0v) is 18.7. The van der Waals surface area contributed by atoms with Crippen molar-refractivity contribution in [2.24, 2.45) is 10.8 Å². The van der Waals surface area contributed by atoms with Crippen LogP contribution in [0.4, 0.5) is 0 Å². The standard InChI is InChI=1S/C11H22O4.C11H18O3.2CH4/c1-11(2,3)5-4-8(12)6-9(13)7-10(14)15;1-11(2,3)5-4-9-6-8(12)7-10(13)14-9;;/h8-9,12-13H,4-7H2,1-3H3,(H,14,15);4-5,8-9,12H,6-7H2,1-3H3;2*1H4/b;5-4+;;/t2*8-,9-;;/m11../s1. The summed E-state index contributed by atoms with van der Waals surface area (Å²) in [5, 5.41) is 36.6. The molecule has 1 heterocycles. The van der Waals surface area contributed by atoms with E-state index in [0.29, 0.717) is 12.8 Å². The molecule has 4 atom stereocenters. The smallest absolute Gasteiger partial charge is 0.309 e. The molecule has 0 unspecified atom stereocenters. The van der Waals surface area contributed by atoms with E-state index >= 15 is 0 Å². The first kappa shape index (κ1) is 34.2. The zero-order valence-electron chi connectivity index (χ0n) is 18.7. The minimum Gasteiger partial charge on any atom is -0.481 e. The summed E-state index contributed by atoms with van der Waals surface area (Å²) in [6.45, 7) is 12.5.